The molecule has 136 valence electrons. The summed E-state index contributed by atoms with van der Waals surface area (Å²) in [6.45, 7) is 1.79. The van der Waals surface area contributed by atoms with Gasteiger partial charge in [0.2, 0.25) is 10.0 Å². The van der Waals surface area contributed by atoms with Crippen LogP contribution in [0.2, 0.25) is 0 Å². The van der Waals surface area contributed by atoms with Gasteiger partial charge >= 0.3 is 0 Å². The summed E-state index contributed by atoms with van der Waals surface area (Å²) < 4.78 is 57.5. The van der Waals surface area contributed by atoms with Crippen molar-refractivity contribution in [1.29, 1.82) is 0 Å². The molecule has 0 amide bonds. The highest BCUT2D eigenvalue weighted by Gasteiger charge is 2.22. The molecule has 25 heavy (non-hydrogen) atoms. The van der Waals surface area contributed by atoms with Crippen LogP contribution in [0.3, 0.4) is 0 Å². The Labute approximate surface area is 148 Å². The van der Waals surface area contributed by atoms with Crippen LogP contribution in [0.5, 0.6) is 5.75 Å². The van der Waals surface area contributed by atoms with Gasteiger partial charge in [-0.15, -0.1) is 0 Å². The third-order valence-electron chi connectivity index (χ3n) is 3.69. The molecule has 0 aromatic heterocycles. The minimum Gasteiger partial charge on any atom is -0.495 e. The average molecular weight is 384 g/mol. The average Bonchev–Trinajstić information content (AvgIpc) is 2.54. The Balaban J connectivity index is 2.50. The first-order valence-corrected chi connectivity index (χ1v) is 10.6. The number of methoxy groups -OCH3 is 1. The number of aryl methyl sites for hydroxylation is 1. The summed E-state index contributed by atoms with van der Waals surface area (Å²) in [5, 5.41) is 0. The van der Waals surface area contributed by atoms with Gasteiger partial charge in [-0.25, -0.2) is 16.8 Å². The Morgan fingerprint density at radius 3 is 2.24 bits per heavy atom. The van der Waals surface area contributed by atoms with E-state index in [4.69, 9.17) is 4.74 Å². The molecule has 9 heteroatoms. The summed E-state index contributed by atoms with van der Waals surface area (Å²) >= 11 is 0. The molecule has 0 atom stereocenters. The highest BCUT2D eigenvalue weighted by molar-refractivity contribution is 7.93. The first kappa shape index (κ1) is 19.1. The zero-order valence-corrected chi connectivity index (χ0v) is 16.0. The fourth-order valence-corrected chi connectivity index (χ4v) is 3.80. The number of nitrogens with one attached hydrogen (secondary N) is 1. The fraction of sp³-hybridized carbons (Fsp3) is 0.250. The second-order valence-electron chi connectivity index (χ2n) is 5.48. The number of hydrogen-bond acceptors (Lipinski definition) is 5. The Morgan fingerprint density at radius 2 is 1.68 bits per heavy atom. The smallest absolute Gasteiger partial charge is 0.261 e. The van der Waals surface area contributed by atoms with E-state index in [0.29, 0.717) is 5.69 Å². The van der Waals surface area contributed by atoms with Crippen LogP contribution in [-0.2, 0) is 20.0 Å². The zero-order chi connectivity index (χ0) is 18.8. The van der Waals surface area contributed by atoms with E-state index in [9.17, 15) is 16.8 Å². The molecule has 0 heterocycles. The monoisotopic (exact) mass is 384 g/mol. The number of ether oxygens (including phenoxy) is 1. The molecule has 0 spiro atoms. The number of benzene rings is 2. The van der Waals surface area contributed by atoms with Gasteiger partial charge < -0.3 is 4.74 Å². The lowest BCUT2D eigenvalue weighted by atomic mass is 10.2. The van der Waals surface area contributed by atoms with Crippen molar-refractivity contribution < 1.29 is 21.6 Å². The maximum Gasteiger partial charge on any atom is 0.261 e. The normalized spacial score (nSPS) is 11.8. The van der Waals surface area contributed by atoms with E-state index in [2.05, 4.69) is 4.72 Å². The van der Waals surface area contributed by atoms with Crippen molar-refractivity contribution in [3.63, 3.8) is 0 Å². The second-order valence-corrected chi connectivity index (χ2v) is 9.18. The molecule has 0 radical (unpaired) electrons. The van der Waals surface area contributed by atoms with Crippen LogP contribution in [0, 0.1) is 6.92 Å². The van der Waals surface area contributed by atoms with Crippen LogP contribution in [0.15, 0.2) is 47.4 Å². The van der Waals surface area contributed by atoms with E-state index in [-0.39, 0.29) is 16.3 Å². The molecule has 0 aliphatic carbocycles. The highest BCUT2D eigenvalue weighted by atomic mass is 32.2. The lowest BCUT2D eigenvalue weighted by Gasteiger charge is -2.20. The summed E-state index contributed by atoms with van der Waals surface area (Å²) in [5.74, 6) is 0.253. The lowest BCUT2D eigenvalue weighted by Crippen LogP contribution is -2.25. The minimum absolute atomic E-state index is 0.0675. The molecular formula is C16H20N2O5S2. The maximum absolute atomic E-state index is 12.7. The number of anilines is 2. The van der Waals surface area contributed by atoms with E-state index in [1.165, 1.54) is 32.4 Å². The summed E-state index contributed by atoms with van der Waals surface area (Å²) in [4.78, 5) is -0.0675. The third-order valence-corrected chi connectivity index (χ3v) is 6.24. The molecule has 0 fully saturated rings. The van der Waals surface area contributed by atoms with Crippen LogP contribution >= 0.6 is 0 Å². The lowest BCUT2D eigenvalue weighted by molar-refractivity contribution is 0.415. The van der Waals surface area contributed by atoms with E-state index < -0.39 is 20.0 Å². The van der Waals surface area contributed by atoms with Crippen molar-refractivity contribution in [2.75, 3.05) is 29.4 Å². The largest absolute Gasteiger partial charge is 0.495 e. The van der Waals surface area contributed by atoms with E-state index in [1.54, 1.807) is 31.2 Å². The van der Waals surface area contributed by atoms with Crippen LogP contribution in [0.4, 0.5) is 11.4 Å². The molecule has 0 aliphatic heterocycles. The van der Waals surface area contributed by atoms with Crippen molar-refractivity contribution in [1.82, 2.24) is 0 Å². The number of rotatable bonds is 6. The summed E-state index contributed by atoms with van der Waals surface area (Å²) in [5.41, 5.74) is 1.36. The van der Waals surface area contributed by atoms with Crippen LogP contribution in [0.1, 0.15) is 5.56 Å². The van der Waals surface area contributed by atoms with Crippen molar-refractivity contribution >= 4 is 31.4 Å². The van der Waals surface area contributed by atoms with Crippen molar-refractivity contribution in [2.24, 2.45) is 0 Å². The van der Waals surface area contributed by atoms with Gasteiger partial charge in [0.1, 0.15) is 5.75 Å². The number of sulfonamides is 2. The molecule has 0 saturated carbocycles. The van der Waals surface area contributed by atoms with Gasteiger partial charge in [-0.1, -0.05) is 18.2 Å². The highest BCUT2D eigenvalue weighted by Crippen LogP contribution is 2.32. The van der Waals surface area contributed by atoms with Crippen LogP contribution in [-0.4, -0.2) is 37.2 Å². The van der Waals surface area contributed by atoms with Gasteiger partial charge in [0, 0.05) is 7.05 Å². The predicted molar refractivity (Wildman–Crippen MR) is 98.2 cm³/mol. The molecule has 2 rings (SSSR count). The maximum atomic E-state index is 12.7. The van der Waals surface area contributed by atoms with Gasteiger partial charge in [-0.3, -0.25) is 9.03 Å². The molecule has 2 aromatic carbocycles. The molecule has 7 nitrogen and oxygen atoms in total. The molecule has 0 aliphatic rings. The summed E-state index contributed by atoms with van der Waals surface area (Å²) in [6, 6.07) is 11.0. The van der Waals surface area contributed by atoms with Crippen molar-refractivity contribution in [3.8, 4) is 5.75 Å². The second kappa shape index (κ2) is 6.93. The van der Waals surface area contributed by atoms with Crippen LogP contribution in [0.25, 0.3) is 0 Å². The fourth-order valence-electron chi connectivity index (χ4n) is 2.15. The van der Waals surface area contributed by atoms with Crippen molar-refractivity contribution in [2.45, 2.75) is 11.8 Å². The van der Waals surface area contributed by atoms with Crippen LogP contribution < -0.4 is 13.8 Å². The van der Waals surface area contributed by atoms with Gasteiger partial charge in [-0.05, 0) is 36.8 Å². The zero-order valence-electron chi connectivity index (χ0n) is 14.3. The molecule has 0 unspecified atom stereocenters. The third kappa shape index (κ3) is 4.23. The van der Waals surface area contributed by atoms with E-state index >= 15 is 0 Å². The van der Waals surface area contributed by atoms with Gasteiger partial charge in [-0.2, -0.15) is 0 Å². The SMILES string of the molecule is COc1ccc(S(=O)(=O)Nc2ccccc2C)cc1N(C)S(C)(=O)=O. The Morgan fingerprint density at radius 1 is 1.04 bits per heavy atom. The molecule has 0 saturated heterocycles. The van der Waals surface area contributed by atoms with Gasteiger partial charge in [0.05, 0.1) is 29.6 Å². The first-order valence-electron chi connectivity index (χ1n) is 7.26. The van der Waals surface area contributed by atoms with Crippen molar-refractivity contribution in [3.05, 3.63) is 48.0 Å². The van der Waals surface area contributed by atoms with Gasteiger partial charge in [0.15, 0.2) is 0 Å². The summed E-state index contributed by atoms with van der Waals surface area (Å²) in [7, 11) is -4.75. The Hall–Kier alpha value is -2.26. The molecule has 1 N–H and O–H groups in total. The van der Waals surface area contributed by atoms with E-state index in [0.717, 1.165) is 16.1 Å². The van der Waals surface area contributed by atoms with E-state index in [1.807, 2.05) is 0 Å². The Bertz CT molecular complexity index is 985. The molecular weight excluding hydrogens is 364 g/mol. The predicted octanol–water partition coefficient (Wildman–Crippen LogP) is 2.20. The van der Waals surface area contributed by atoms with Gasteiger partial charge in [0.25, 0.3) is 10.0 Å². The number of para-hydroxylation sites is 1. The minimum atomic E-state index is -3.89. The standard InChI is InChI=1S/C16H20N2O5S2/c1-12-7-5-6-8-14(12)17-25(21,22)13-9-10-16(23-3)15(11-13)18(2)24(4,19)20/h5-11,17H,1-4H3. The molecule has 2 aromatic rings. The quantitative estimate of drug-likeness (QED) is 0.824. The molecule has 0 bridgehead atoms. The number of nitrogens with zero attached hydrogens (tertiary/aromatic N) is 1. The topological polar surface area (TPSA) is 92.8 Å². The Kier molecular flexibility index (Phi) is 5.28. The number of hydrogen-bond donors (Lipinski definition) is 1. The first-order chi connectivity index (χ1) is 11.6. The summed E-state index contributed by atoms with van der Waals surface area (Å²) in [6.07, 6.45) is 1.03.